The molecule has 4 aromatic heterocycles. The van der Waals surface area contributed by atoms with E-state index in [1.165, 1.54) is 54.5 Å². The maximum absolute atomic E-state index is 6.84. The quantitative estimate of drug-likeness (QED) is 0.192. The van der Waals surface area contributed by atoms with E-state index in [-0.39, 0.29) is 0 Å². The maximum Gasteiger partial charge on any atom is 0.238 e. The molecule has 6 nitrogen and oxygen atoms in total. The molecule has 0 aliphatic rings. The average molecular weight is 749 g/mol. The van der Waals surface area contributed by atoms with Crippen molar-refractivity contribution in [2.24, 2.45) is 0 Å². The van der Waals surface area contributed by atoms with E-state index in [0.29, 0.717) is 17.6 Å². The van der Waals surface area contributed by atoms with Crippen LogP contribution in [-0.4, -0.2) is 82.3 Å². The van der Waals surface area contributed by atoms with E-state index in [4.69, 9.17) is 23.8 Å². The van der Waals surface area contributed by atoms with E-state index >= 15 is 0 Å². The van der Waals surface area contributed by atoms with E-state index in [1.54, 1.807) is 0 Å². The monoisotopic (exact) mass is 750 g/mol. The zero-order valence-electron chi connectivity index (χ0n) is 34.5. The van der Waals surface area contributed by atoms with Gasteiger partial charge in [0.2, 0.25) is 5.95 Å². The summed E-state index contributed by atoms with van der Waals surface area (Å²) in [5, 5.41) is 6.64. The van der Waals surface area contributed by atoms with Gasteiger partial charge in [0.1, 0.15) is 85.1 Å². The summed E-state index contributed by atoms with van der Waals surface area (Å²) in [6.07, 6.45) is 0. The fourth-order valence-corrected chi connectivity index (χ4v) is 9.58. The van der Waals surface area contributed by atoms with Crippen LogP contribution in [0.4, 0.5) is 0 Å². The minimum atomic E-state index is 0.582. The fourth-order valence-electron chi connectivity index (χ4n) is 9.58. The van der Waals surface area contributed by atoms with Crippen LogP contribution in [0.1, 0.15) is 0 Å². The number of hydrogen-bond acceptors (Lipinski definition) is 5. The number of benzene rings is 7. The topological polar surface area (TPSA) is 69.9 Å². The predicted molar refractivity (Wildman–Crippen MR) is 270 cm³/mol. The number of furan rings is 2. The highest BCUT2D eigenvalue weighted by Crippen LogP contribution is 2.43. The summed E-state index contributed by atoms with van der Waals surface area (Å²) >= 11 is 0. The van der Waals surface area contributed by atoms with Gasteiger partial charge in [0.25, 0.3) is 0 Å². The van der Waals surface area contributed by atoms with Gasteiger partial charge in [-0.05, 0) is 22.9 Å². The summed E-state index contributed by atoms with van der Waals surface area (Å²) in [4.78, 5) is 16.1. The van der Waals surface area contributed by atoms with Gasteiger partial charge < -0.3 is 8.83 Å². The Bertz CT molecular complexity index is 3540. The number of fused-ring (bicyclic) bond motifs is 9. The molecule has 0 fully saturated rings. The van der Waals surface area contributed by atoms with Gasteiger partial charge in [-0.3, -0.25) is 4.57 Å². The highest BCUT2D eigenvalue weighted by atomic mass is 16.3. The Hall–Kier alpha value is -6.53. The molecule has 0 N–H and O–H groups in total. The van der Waals surface area contributed by atoms with Gasteiger partial charge in [0, 0.05) is 54.8 Å². The van der Waals surface area contributed by atoms with Crippen LogP contribution >= 0.6 is 0 Å². The van der Waals surface area contributed by atoms with Gasteiger partial charge in [-0.25, -0.2) is 4.98 Å². The van der Waals surface area contributed by atoms with Crippen molar-refractivity contribution in [1.29, 1.82) is 0 Å². The van der Waals surface area contributed by atoms with Gasteiger partial charge in [-0.1, -0.05) is 130 Å². The molecule has 4 heterocycles. The van der Waals surface area contributed by atoms with Crippen molar-refractivity contribution < 1.29 is 8.83 Å². The molecule has 0 bridgehead atoms. The third-order valence-corrected chi connectivity index (χ3v) is 13.3. The molecular weight excluding hydrogens is 715 g/mol. The third-order valence-electron chi connectivity index (χ3n) is 13.3. The van der Waals surface area contributed by atoms with Crippen molar-refractivity contribution in [3.8, 4) is 39.9 Å². The molecule has 0 atom stereocenters. The Balaban J connectivity index is 1.23. The highest BCUT2D eigenvalue weighted by Gasteiger charge is 2.26. The first-order valence-electron chi connectivity index (χ1n) is 20.3. The van der Waals surface area contributed by atoms with Gasteiger partial charge in [0.05, 0.1) is 0 Å². The molecule has 59 heavy (non-hydrogen) atoms. The van der Waals surface area contributed by atoms with Crippen LogP contribution in [0.3, 0.4) is 0 Å². The first kappa shape index (κ1) is 35.6. The first-order valence-corrected chi connectivity index (χ1v) is 20.3. The average Bonchev–Trinajstić information content (AvgIpc) is 3.97. The van der Waals surface area contributed by atoms with Crippen LogP contribution in [0.15, 0.2) is 118 Å². The largest absolute Gasteiger partial charge is 0.455 e. The molecule has 0 aliphatic carbocycles. The Morgan fingerprint density at radius 1 is 0.373 bits per heavy atom. The van der Waals surface area contributed by atoms with E-state index < -0.39 is 0 Å². The molecule has 7 aromatic carbocycles. The smallest absolute Gasteiger partial charge is 0.238 e. The third kappa shape index (κ3) is 5.02. The summed E-state index contributed by atoms with van der Waals surface area (Å²) < 4.78 is 15.7. The number of para-hydroxylation sites is 3. The van der Waals surface area contributed by atoms with Crippen molar-refractivity contribution in [3.63, 3.8) is 0 Å². The first-order chi connectivity index (χ1) is 28.6. The van der Waals surface area contributed by atoms with Gasteiger partial charge >= 0.3 is 0 Å². The van der Waals surface area contributed by atoms with E-state index in [1.807, 2.05) is 42.5 Å². The van der Waals surface area contributed by atoms with Crippen molar-refractivity contribution >= 4 is 172 Å². The highest BCUT2D eigenvalue weighted by molar-refractivity contribution is 6.71. The molecule has 0 saturated heterocycles. The van der Waals surface area contributed by atoms with Crippen LogP contribution in [0.5, 0.6) is 0 Å². The summed E-state index contributed by atoms with van der Waals surface area (Å²) in [7, 11) is 18.0. The summed E-state index contributed by atoms with van der Waals surface area (Å²) in [5.41, 5.74) is 19.5. The number of nitrogens with zero attached hydrogens (tertiary/aromatic N) is 4. The number of hydrogen-bond donors (Lipinski definition) is 0. The summed E-state index contributed by atoms with van der Waals surface area (Å²) in [6.45, 7) is 0. The Morgan fingerprint density at radius 3 is 1.54 bits per heavy atom. The van der Waals surface area contributed by atoms with Gasteiger partial charge in [0.15, 0.2) is 11.6 Å². The summed E-state index contributed by atoms with van der Waals surface area (Å²) in [6, 6.07) is 37.3. The lowest BCUT2D eigenvalue weighted by molar-refractivity contribution is 0.665. The van der Waals surface area contributed by atoms with Crippen molar-refractivity contribution in [3.05, 3.63) is 109 Å². The molecular formula is C45H34B8N4O2. The standard InChI is InChI=1S/C45H34B8N4O2/c46-31-29-30-32(47)34(49)36(51)38(53)40(30)57(39(29)37(52)35(50)33(31)48)45-55-43(19-9-2-1-3-10-19)54-44(56-45)25-16-8-18-27-28(25)24-15-7-14-23(42(24)59-27)22-13-6-12-21-20-11-4-5-17-26(20)58-41(21)22/h1-18H,46-53H2. The van der Waals surface area contributed by atoms with E-state index in [0.717, 1.165) is 77.2 Å². The molecule has 270 valence electrons. The Labute approximate surface area is 348 Å². The molecule has 11 aromatic rings. The van der Waals surface area contributed by atoms with E-state index in [9.17, 15) is 0 Å². The molecule has 0 spiro atoms. The van der Waals surface area contributed by atoms with Crippen LogP contribution in [0.2, 0.25) is 0 Å². The summed E-state index contributed by atoms with van der Waals surface area (Å²) in [5.74, 6) is 1.78. The normalized spacial score (nSPS) is 11.9. The molecule has 11 rings (SSSR count). The lowest BCUT2D eigenvalue weighted by Gasteiger charge is -2.17. The van der Waals surface area contributed by atoms with Crippen molar-refractivity contribution in [2.45, 2.75) is 0 Å². The molecule has 0 amide bonds. The zero-order valence-corrected chi connectivity index (χ0v) is 34.5. The van der Waals surface area contributed by atoms with Gasteiger partial charge in [-0.2, -0.15) is 9.97 Å². The number of rotatable bonds is 4. The second-order valence-electron chi connectivity index (χ2n) is 16.2. The number of aromatic nitrogens is 4. The van der Waals surface area contributed by atoms with Crippen LogP contribution in [-0.2, 0) is 0 Å². The van der Waals surface area contributed by atoms with Crippen LogP contribution in [0.25, 0.3) is 106 Å². The maximum atomic E-state index is 6.84. The molecule has 0 unspecified atom stereocenters. The van der Waals surface area contributed by atoms with Crippen LogP contribution < -0.4 is 43.7 Å². The molecule has 0 aliphatic heterocycles. The molecule has 14 heteroatoms. The Morgan fingerprint density at radius 2 is 0.864 bits per heavy atom. The second kappa shape index (κ2) is 13.0. The van der Waals surface area contributed by atoms with Gasteiger partial charge in [-0.15, -0.1) is 10.9 Å². The second-order valence-corrected chi connectivity index (χ2v) is 16.2. The predicted octanol–water partition coefficient (Wildman–Crippen LogP) is -2.16. The minimum absolute atomic E-state index is 0.582. The fraction of sp³-hybridized carbons (Fsp3) is 0. The Kier molecular flexibility index (Phi) is 7.84. The zero-order chi connectivity index (χ0) is 40.4. The molecule has 0 radical (unpaired) electrons. The van der Waals surface area contributed by atoms with E-state index in [2.05, 4.69) is 134 Å². The van der Waals surface area contributed by atoms with Crippen molar-refractivity contribution in [1.82, 2.24) is 19.5 Å². The lowest BCUT2D eigenvalue weighted by atomic mass is 9.63. The van der Waals surface area contributed by atoms with Crippen LogP contribution in [0, 0.1) is 0 Å². The molecule has 0 saturated carbocycles. The van der Waals surface area contributed by atoms with Crippen molar-refractivity contribution in [2.75, 3.05) is 0 Å². The SMILES string of the molecule is Bc1c(B)c(B)c2c(c1B)c1c(B)c(B)c(B)c(B)c1n2-c1nc(-c2ccccc2)nc(-c2cccc3oc4c(-c5cccc6c5oc5ccccc56)cccc4c23)n1. The lowest BCUT2D eigenvalue weighted by Crippen LogP contribution is -2.49. The minimum Gasteiger partial charge on any atom is -0.455 e.